The van der Waals surface area contributed by atoms with Gasteiger partial charge in [0.15, 0.2) is 0 Å². The summed E-state index contributed by atoms with van der Waals surface area (Å²) in [4.78, 5) is 13.0. The molecule has 5 nitrogen and oxygen atoms in total. The van der Waals surface area contributed by atoms with Gasteiger partial charge in [-0.05, 0) is 113 Å². The monoisotopic (exact) mass is 522 g/mol. The molecule has 5 heteroatoms. The lowest BCUT2D eigenvalue weighted by Crippen LogP contribution is -2.14. The lowest BCUT2D eigenvalue weighted by atomic mass is 9.87. The van der Waals surface area contributed by atoms with E-state index in [1.54, 1.807) is 12.1 Å². The van der Waals surface area contributed by atoms with Crippen LogP contribution < -0.4 is 0 Å². The van der Waals surface area contributed by atoms with Crippen molar-refractivity contribution >= 4 is 5.78 Å². The van der Waals surface area contributed by atoms with E-state index in [1.165, 1.54) is 0 Å². The Hall–Kier alpha value is -3.21. The molecule has 4 N–H and O–H groups in total. The minimum absolute atomic E-state index is 0.0274. The molecular formula is C33H46O5. The van der Waals surface area contributed by atoms with Crippen LogP contribution in [0, 0.1) is 25.7 Å². The number of hydrogen-bond donors (Lipinski definition) is 4. The fraction of sp³-hybridized carbons (Fsp3) is 0.485. The highest BCUT2D eigenvalue weighted by Crippen LogP contribution is 2.37. The topological polar surface area (TPSA) is 98.0 Å². The van der Waals surface area contributed by atoms with Crippen molar-refractivity contribution in [2.24, 2.45) is 11.8 Å². The predicted octanol–water partition coefficient (Wildman–Crippen LogP) is 7.55. The van der Waals surface area contributed by atoms with E-state index in [9.17, 15) is 25.2 Å². The van der Waals surface area contributed by atoms with E-state index in [1.807, 2.05) is 67.5 Å². The summed E-state index contributed by atoms with van der Waals surface area (Å²) in [6, 6.07) is 3.39. The molecule has 0 aromatic heterocycles. The molecule has 208 valence electrons. The van der Waals surface area contributed by atoms with Crippen molar-refractivity contribution < 1.29 is 25.2 Å². The molecule has 0 saturated carbocycles. The van der Waals surface area contributed by atoms with Crippen molar-refractivity contribution in [3.8, 4) is 23.0 Å². The van der Waals surface area contributed by atoms with Gasteiger partial charge in [-0.2, -0.15) is 0 Å². The quantitative estimate of drug-likeness (QED) is 0.216. The maximum absolute atomic E-state index is 13.0. The fourth-order valence-corrected chi connectivity index (χ4v) is 4.97. The van der Waals surface area contributed by atoms with E-state index in [-0.39, 0.29) is 40.6 Å². The lowest BCUT2D eigenvalue weighted by molar-refractivity contribution is -0.120. The molecule has 0 saturated heterocycles. The van der Waals surface area contributed by atoms with Gasteiger partial charge in [-0.3, -0.25) is 4.79 Å². The molecule has 0 spiro atoms. The summed E-state index contributed by atoms with van der Waals surface area (Å²) < 4.78 is 0. The molecule has 0 amide bonds. The van der Waals surface area contributed by atoms with Crippen LogP contribution in [0.4, 0.5) is 0 Å². The SMILES string of the molecule is CC(C)=CCc1c(O)cc(C)c(CC(C)CC(=O)CC(C)Cc2c(C)cc(O)c(CC=C(C)C)c2O)c1O. The summed E-state index contributed by atoms with van der Waals surface area (Å²) in [5.74, 6) is 0.626. The average molecular weight is 523 g/mol. The molecular weight excluding hydrogens is 476 g/mol. The Morgan fingerprint density at radius 2 is 1.03 bits per heavy atom. The highest BCUT2D eigenvalue weighted by molar-refractivity contribution is 5.79. The number of Topliss-reactive ketones (excluding diaryl/α,β-unsaturated/α-hetero) is 1. The third-order valence-corrected chi connectivity index (χ3v) is 7.11. The molecule has 0 aliphatic rings. The van der Waals surface area contributed by atoms with Crippen molar-refractivity contribution in [1.82, 2.24) is 0 Å². The van der Waals surface area contributed by atoms with Gasteiger partial charge in [-0.15, -0.1) is 0 Å². The van der Waals surface area contributed by atoms with Crippen molar-refractivity contribution in [3.63, 3.8) is 0 Å². The summed E-state index contributed by atoms with van der Waals surface area (Å²) in [5, 5.41) is 42.5. The zero-order chi connectivity index (χ0) is 28.7. The van der Waals surface area contributed by atoms with E-state index in [0.29, 0.717) is 49.7 Å². The van der Waals surface area contributed by atoms with Crippen molar-refractivity contribution in [2.75, 3.05) is 0 Å². The highest BCUT2D eigenvalue weighted by Gasteiger charge is 2.21. The first-order valence-electron chi connectivity index (χ1n) is 13.6. The average Bonchev–Trinajstić information content (AvgIpc) is 2.78. The van der Waals surface area contributed by atoms with E-state index in [4.69, 9.17) is 0 Å². The number of ketones is 1. The molecule has 38 heavy (non-hydrogen) atoms. The number of aryl methyl sites for hydroxylation is 2. The first-order valence-corrected chi connectivity index (χ1v) is 13.6. The molecule has 0 heterocycles. The number of phenols is 4. The Bertz CT molecular complexity index is 1120. The van der Waals surface area contributed by atoms with Gasteiger partial charge in [0.1, 0.15) is 28.8 Å². The van der Waals surface area contributed by atoms with Crippen LogP contribution in [0.3, 0.4) is 0 Å². The highest BCUT2D eigenvalue weighted by atomic mass is 16.3. The number of aromatic hydroxyl groups is 4. The first kappa shape index (κ1) is 31.0. The zero-order valence-corrected chi connectivity index (χ0v) is 24.4. The lowest BCUT2D eigenvalue weighted by Gasteiger charge is -2.19. The van der Waals surface area contributed by atoms with Gasteiger partial charge in [0.25, 0.3) is 0 Å². The molecule has 0 radical (unpaired) electrons. The molecule has 2 aromatic rings. The van der Waals surface area contributed by atoms with Crippen LogP contribution in [0.1, 0.15) is 87.8 Å². The zero-order valence-electron chi connectivity index (χ0n) is 24.4. The minimum Gasteiger partial charge on any atom is -0.508 e. The van der Waals surface area contributed by atoms with Gasteiger partial charge < -0.3 is 20.4 Å². The molecule has 0 aliphatic carbocycles. The number of benzene rings is 2. The Labute approximate surface area is 228 Å². The second kappa shape index (κ2) is 13.5. The number of rotatable bonds is 12. The first-order chi connectivity index (χ1) is 17.7. The van der Waals surface area contributed by atoms with E-state index < -0.39 is 0 Å². The van der Waals surface area contributed by atoms with Crippen molar-refractivity contribution in [3.05, 3.63) is 68.8 Å². The molecule has 2 atom stereocenters. The smallest absolute Gasteiger partial charge is 0.133 e. The maximum Gasteiger partial charge on any atom is 0.133 e. The summed E-state index contributed by atoms with van der Waals surface area (Å²) in [7, 11) is 0. The standard InChI is InChI=1S/C33H46O5/c1-19(2)9-11-26-30(35)17-23(7)28(32(26)37)15-21(5)13-25(34)14-22(6)16-29-24(8)18-31(36)27(33(29)38)12-10-20(3)4/h9-10,17-18,21-22,35-38H,11-16H2,1-8H3. The number of allylic oxidation sites excluding steroid dienone is 4. The van der Waals surface area contributed by atoms with Gasteiger partial charge in [0.2, 0.25) is 0 Å². The van der Waals surface area contributed by atoms with Gasteiger partial charge in [-0.25, -0.2) is 0 Å². The second-order valence-electron chi connectivity index (χ2n) is 11.6. The largest absolute Gasteiger partial charge is 0.508 e. The van der Waals surface area contributed by atoms with Crippen molar-refractivity contribution in [2.45, 2.75) is 93.9 Å². The molecule has 2 rings (SSSR count). The Morgan fingerprint density at radius 1 is 0.684 bits per heavy atom. The molecule has 0 bridgehead atoms. The normalized spacial score (nSPS) is 12.6. The van der Waals surface area contributed by atoms with E-state index >= 15 is 0 Å². The molecule has 0 aliphatic heterocycles. The number of carbonyl (C=O) groups is 1. The van der Waals surface area contributed by atoms with Crippen LogP contribution in [0.2, 0.25) is 0 Å². The summed E-state index contributed by atoms with van der Waals surface area (Å²) in [5.41, 5.74) is 6.45. The number of carbonyl (C=O) groups excluding carboxylic acids is 1. The van der Waals surface area contributed by atoms with Crippen LogP contribution in [-0.2, 0) is 30.5 Å². The van der Waals surface area contributed by atoms with Gasteiger partial charge in [0.05, 0.1) is 0 Å². The second-order valence-corrected chi connectivity index (χ2v) is 11.6. The molecule has 2 unspecified atom stereocenters. The van der Waals surface area contributed by atoms with Crippen LogP contribution in [0.5, 0.6) is 23.0 Å². The van der Waals surface area contributed by atoms with Crippen LogP contribution in [-0.4, -0.2) is 26.2 Å². The van der Waals surface area contributed by atoms with E-state index in [0.717, 1.165) is 33.4 Å². The molecule has 2 aromatic carbocycles. The Balaban J connectivity index is 2.09. The summed E-state index contributed by atoms with van der Waals surface area (Å²) in [6.07, 6.45) is 6.73. The van der Waals surface area contributed by atoms with E-state index in [2.05, 4.69) is 0 Å². The van der Waals surface area contributed by atoms with Gasteiger partial charge >= 0.3 is 0 Å². The third kappa shape index (κ3) is 8.41. The minimum atomic E-state index is 0.0274. The van der Waals surface area contributed by atoms with Gasteiger partial charge in [0, 0.05) is 24.0 Å². The maximum atomic E-state index is 13.0. The number of hydrogen-bond acceptors (Lipinski definition) is 5. The summed E-state index contributed by atoms with van der Waals surface area (Å²) in [6.45, 7) is 15.7. The van der Waals surface area contributed by atoms with Crippen LogP contribution in [0.25, 0.3) is 0 Å². The third-order valence-electron chi connectivity index (χ3n) is 7.11. The predicted molar refractivity (Wildman–Crippen MR) is 155 cm³/mol. The Kier molecular flexibility index (Phi) is 11.1. The fourth-order valence-electron chi connectivity index (χ4n) is 4.97. The Morgan fingerprint density at radius 3 is 1.34 bits per heavy atom. The number of phenolic OH excluding ortho intramolecular Hbond substituents is 4. The summed E-state index contributed by atoms with van der Waals surface area (Å²) >= 11 is 0. The van der Waals surface area contributed by atoms with Crippen LogP contribution in [0.15, 0.2) is 35.4 Å². The molecule has 0 fully saturated rings. The van der Waals surface area contributed by atoms with Crippen LogP contribution >= 0.6 is 0 Å². The van der Waals surface area contributed by atoms with Crippen molar-refractivity contribution in [1.29, 1.82) is 0 Å². The van der Waals surface area contributed by atoms with Gasteiger partial charge in [-0.1, -0.05) is 37.1 Å².